The van der Waals surface area contributed by atoms with Crippen LogP contribution >= 0.6 is 24.0 Å². The number of nitriles is 1. The summed E-state index contributed by atoms with van der Waals surface area (Å²) < 4.78 is 37.3. The maximum Gasteiger partial charge on any atom is 0.401 e. The van der Waals surface area contributed by atoms with Gasteiger partial charge >= 0.3 is 6.18 Å². The molecule has 1 unspecified atom stereocenters. The zero-order valence-corrected chi connectivity index (χ0v) is 19.7. The molecule has 168 valence electrons. The number of piperidine rings is 1. The first-order valence-corrected chi connectivity index (χ1v) is 9.86. The smallest absolute Gasteiger partial charge is 0.368 e. The molecule has 0 spiro atoms. The summed E-state index contributed by atoms with van der Waals surface area (Å²) in [5, 5.41) is 15.9. The highest BCUT2D eigenvalue weighted by Crippen LogP contribution is 2.23. The number of anilines is 1. The minimum atomic E-state index is -4.20. The van der Waals surface area contributed by atoms with Crippen molar-refractivity contribution in [3.8, 4) is 6.07 Å². The topological polar surface area (TPSA) is 66.7 Å². The number of likely N-dealkylation sites (N-methyl/N-ethyl adjacent to an activating group) is 1. The fourth-order valence-electron chi connectivity index (χ4n) is 3.39. The Hall–Kier alpha value is -1.74. The van der Waals surface area contributed by atoms with Gasteiger partial charge in [0.15, 0.2) is 5.96 Å². The molecule has 0 radical (unpaired) electrons. The van der Waals surface area contributed by atoms with E-state index in [1.807, 2.05) is 31.2 Å². The van der Waals surface area contributed by atoms with Gasteiger partial charge in [-0.2, -0.15) is 18.4 Å². The minimum absolute atomic E-state index is 0. The van der Waals surface area contributed by atoms with E-state index in [4.69, 9.17) is 0 Å². The molecule has 1 saturated heterocycles. The van der Waals surface area contributed by atoms with E-state index in [0.29, 0.717) is 18.1 Å². The van der Waals surface area contributed by atoms with Crippen LogP contribution in [0.3, 0.4) is 0 Å². The van der Waals surface area contributed by atoms with Gasteiger partial charge in [-0.3, -0.25) is 9.89 Å². The lowest BCUT2D eigenvalue weighted by Gasteiger charge is -2.35. The largest absolute Gasteiger partial charge is 0.401 e. The Morgan fingerprint density at radius 3 is 2.77 bits per heavy atom. The van der Waals surface area contributed by atoms with Crippen LogP contribution in [0.25, 0.3) is 0 Å². The number of alkyl halides is 3. The summed E-state index contributed by atoms with van der Waals surface area (Å²) in [5.74, 6) is 0.605. The molecular formula is C20H30F3IN6. The van der Waals surface area contributed by atoms with E-state index in [2.05, 4.69) is 26.6 Å². The lowest BCUT2D eigenvalue weighted by Crippen LogP contribution is -2.51. The van der Waals surface area contributed by atoms with Gasteiger partial charge in [0.05, 0.1) is 24.3 Å². The predicted molar refractivity (Wildman–Crippen MR) is 124 cm³/mol. The Balaban J connectivity index is 0.00000450. The van der Waals surface area contributed by atoms with Gasteiger partial charge in [0.2, 0.25) is 0 Å². The van der Waals surface area contributed by atoms with Crippen LogP contribution in [0.4, 0.5) is 18.9 Å². The van der Waals surface area contributed by atoms with Crippen LogP contribution in [0.5, 0.6) is 0 Å². The van der Waals surface area contributed by atoms with E-state index >= 15 is 0 Å². The van der Waals surface area contributed by atoms with E-state index < -0.39 is 12.7 Å². The van der Waals surface area contributed by atoms with Gasteiger partial charge in [-0.05, 0) is 38.9 Å². The lowest BCUT2D eigenvalue weighted by atomic mass is 10.0. The molecule has 1 aromatic rings. The second-order valence-electron chi connectivity index (χ2n) is 7.17. The second-order valence-corrected chi connectivity index (χ2v) is 7.17. The zero-order chi connectivity index (χ0) is 21.3. The Morgan fingerprint density at radius 1 is 1.37 bits per heavy atom. The van der Waals surface area contributed by atoms with Crippen molar-refractivity contribution >= 4 is 35.6 Å². The zero-order valence-electron chi connectivity index (χ0n) is 17.4. The molecule has 1 fully saturated rings. The van der Waals surface area contributed by atoms with Crippen LogP contribution in [0.2, 0.25) is 0 Å². The number of para-hydroxylation sites is 1. The molecular weight excluding hydrogens is 508 g/mol. The molecule has 30 heavy (non-hydrogen) atoms. The summed E-state index contributed by atoms with van der Waals surface area (Å²) in [4.78, 5) is 7.83. The summed E-state index contributed by atoms with van der Waals surface area (Å²) in [6.07, 6.45) is -2.26. The SMILES string of the molecule is CCNC(=NCCN(C)CC(F)(F)F)NC1CCCN(c2ccccc2C#N)C1.I. The average Bonchev–Trinajstić information content (AvgIpc) is 2.67. The number of nitrogens with zero attached hydrogens (tertiary/aromatic N) is 4. The third-order valence-electron chi connectivity index (χ3n) is 4.67. The van der Waals surface area contributed by atoms with Gasteiger partial charge in [-0.1, -0.05) is 12.1 Å². The third kappa shape index (κ3) is 8.95. The molecule has 1 aromatic carbocycles. The van der Waals surface area contributed by atoms with Crippen LogP contribution in [-0.4, -0.2) is 69.4 Å². The van der Waals surface area contributed by atoms with Gasteiger partial charge in [0.1, 0.15) is 6.07 Å². The Morgan fingerprint density at radius 2 is 2.10 bits per heavy atom. The van der Waals surface area contributed by atoms with Crippen molar-refractivity contribution in [3.05, 3.63) is 29.8 Å². The summed E-state index contributed by atoms with van der Waals surface area (Å²) in [6.45, 7) is 3.78. The van der Waals surface area contributed by atoms with Gasteiger partial charge in [-0.25, -0.2) is 0 Å². The van der Waals surface area contributed by atoms with E-state index in [0.717, 1.165) is 31.6 Å². The Bertz CT molecular complexity index is 719. The molecule has 10 heteroatoms. The number of guanidine groups is 1. The number of benzene rings is 1. The first-order chi connectivity index (χ1) is 13.8. The van der Waals surface area contributed by atoms with E-state index in [9.17, 15) is 18.4 Å². The lowest BCUT2D eigenvalue weighted by molar-refractivity contribution is -0.142. The van der Waals surface area contributed by atoms with Crippen molar-refractivity contribution in [1.29, 1.82) is 5.26 Å². The molecule has 0 saturated carbocycles. The summed E-state index contributed by atoms with van der Waals surface area (Å²) in [6, 6.07) is 9.93. The highest BCUT2D eigenvalue weighted by atomic mass is 127. The van der Waals surface area contributed by atoms with Crippen LogP contribution < -0.4 is 15.5 Å². The summed E-state index contributed by atoms with van der Waals surface area (Å²) in [5.41, 5.74) is 1.58. The molecule has 1 heterocycles. The maximum absolute atomic E-state index is 12.4. The van der Waals surface area contributed by atoms with Crippen LogP contribution in [-0.2, 0) is 0 Å². The molecule has 2 N–H and O–H groups in total. The molecule has 0 bridgehead atoms. The normalized spacial score (nSPS) is 17.3. The highest BCUT2D eigenvalue weighted by Gasteiger charge is 2.29. The molecule has 1 aliphatic heterocycles. The molecule has 0 amide bonds. The van der Waals surface area contributed by atoms with Crippen molar-refractivity contribution < 1.29 is 13.2 Å². The van der Waals surface area contributed by atoms with Crippen molar-refractivity contribution in [2.24, 2.45) is 4.99 Å². The molecule has 0 aromatic heterocycles. The maximum atomic E-state index is 12.4. The van der Waals surface area contributed by atoms with E-state index in [1.54, 1.807) is 0 Å². The first kappa shape index (κ1) is 26.3. The van der Waals surface area contributed by atoms with Crippen LogP contribution in [0, 0.1) is 11.3 Å². The van der Waals surface area contributed by atoms with E-state index in [1.165, 1.54) is 11.9 Å². The standard InChI is InChI=1S/C20H29F3N6.HI/c1-3-25-19(26-10-12-28(2)15-20(21,22)23)27-17-8-6-11-29(14-17)18-9-5-4-7-16(18)13-24;/h4-5,7,9,17H,3,6,8,10-12,14-15H2,1-2H3,(H2,25,26,27);1H. The predicted octanol–water partition coefficient (Wildman–Crippen LogP) is 3.19. The van der Waals surface area contributed by atoms with Crippen molar-refractivity contribution in [2.75, 3.05) is 51.2 Å². The van der Waals surface area contributed by atoms with Gasteiger partial charge in [-0.15, -0.1) is 24.0 Å². The van der Waals surface area contributed by atoms with Crippen LogP contribution in [0.1, 0.15) is 25.3 Å². The van der Waals surface area contributed by atoms with Gasteiger partial charge < -0.3 is 15.5 Å². The quantitative estimate of drug-likeness (QED) is 0.317. The van der Waals surface area contributed by atoms with Crippen LogP contribution in [0.15, 0.2) is 29.3 Å². The Kier molecular flexibility index (Phi) is 11.3. The number of halogens is 4. The fraction of sp³-hybridized carbons (Fsp3) is 0.600. The minimum Gasteiger partial charge on any atom is -0.368 e. The molecule has 1 aliphatic rings. The second kappa shape index (κ2) is 12.8. The summed E-state index contributed by atoms with van der Waals surface area (Å²) >= 11 is 0. The van der Waals surface area contributed by atoms with Crippen molar-refractivity contribution in [2.45, 2.75) is 32.0 Å². The number of hydrogen-bond acceptors (Lipinski definition) is 4. The van der Waals surface area contributed by atoms with Crippen molar-refractivity contribution in [1.82, 2.24) is 15.5 Å². The average molecular weight is 538 g/mol. The number of aliphatic imine (C=N–C) groups is 1. The molecule has 1 atom stereocenters. The van der Waals surface area contributed by atoms with Gasteiger partial charge in [0, 0.05) is 32.2 Å². The molecule has 6 nitrogen and oxygen atoms in total. The first-order valence-electron chi connectivity index (χ1n) is 9.86. The van der Waals surface area contributed by atoms with Crippen molar-refractivity contribution in [3.63, 3.8) is 0 Å². The number of hydrogen-bond donors (Lipinski definition) is 2. The monoisotopic (exact) mass is 538 g/mol. The highest BCUT2D eigenvalue weighted by molar-refractivity contribution is 14.0. The van der Waals surface area contributed by atoms with E-state index in [-0.39, 0.29) is 43.1 Å². The Labute approximate surface area is 193 Å². The third-order valence-corrected chi connectivity index (χ3v) is 4.67. The van der Waals surface area contributed by atoms with Gasteiger partial charge in [0.25, 0.3) is 0 Å². The number of nitrogens with one attached hydrogen (secondary N) is 2. The number of rotatable bonds is 7. The summed E-state index contributed by atoms with van der Waals surface area (Å²) in [7, 11) is 1.44. The fourth-order valence-corrected chi connectivity index (χ4v) is 3.39. The molecule has 2 rings (SSSR count). The molecule has 0 aliphatic carbocycles.